The number of rotatable bonds is 3. The van der Waals surface area contributed by atoms with Gasteiger partial charge in [0.15, 0.2) is 0 Å². The topological polar surface area (TPSA) is 46.3 Å². The van der Waals surface area contributed by atoms with E-state index in [0.717, 1.165) is 18.7 Å². The van der Waals surface area contributed by atoms with Gasteiger partial charge in [0.25, 0.3) is 0 Å². The Morgan fingerprint density at radius 2 is 2.12 bits per heavy atom. The van der Waals surface area contributed by atoms with Crippen molar-refractivity contribution < 1.29 is 4.79 Å². The predicted molar refractivity (Wildman–Crippen MR) is 68.7 cm³/mol. The molecule has 2 rings (SSSR count). The first-order valence-electron chi connectivity index (χ1n) is 6.14. The first-order chi connectivity index (χ1) is 8.10. The Balaban J connectivity index is 1.97. The fraction of sp³-hybridized carbons (Fsp3) is 0.500. The monoisotopic (exact) mass is 232 g/mol. The van der Waals surface area contributed by atoms with Gasteiger partial charge in [-0.25, -0.2) is 0 Å². The highest BCUT2D eigenvalue weighted by atomic mass is 16.2. The Labute approximate surface area is 103 Å². The van der Waals surface area contributed by atoms with E-state index in [-0.39, 0.29) is 5.91 Å². The van der Waals surface area contributed by atoms with Crippen molar-refractivity contribution in [2.45, 2.75) is 20.3 Å². The summed E-state index contributed by atoms with van der Waals surface area (Å²) in [7, 11) is 0. The first-order valence-corrected chi connectivity index (χ1v) is 6.14. The number of nitrogens with zero attached hydrogens (tertiary/aromatic N) is 1. The zero-order valence-corrected chi connectivity index (χ0v) is 10.6. The predicted octanol–water partition coefficient (Wildman–Crippen LogP) is 1.26. The van der Waals surface area contributed by atoms with Gasteiger partial charge in [-0.1, -0.05) is 23.8 Å². The summed E-state index contributed by atoms with van der Waals surface area (Å²) in [4.78, 5) is 13.9. The third-order valence-corrected chi connectivity index (χ3v) is 3.49. The Bertz CT molecular complexity index is 422. The molecule has 0 spiro atoms. The fourth-order valence-corrected chi connectivity index (χ4v) is 2.19. The molecule has 1 aromatic rings. The van der Waals surface area contributed by atoms with Crippen molar-refractivity contribution in [1.29, 1.82) is 0 Å². The van der Waals surface area contributed by atoms with Crippen LogP contribution in [0, 0.1) is 19.8 Å². The average molecular weight is 232 g/mol. The molecule has 1 heterocycles. The van der Waals surface area contributed by atoms with Gasteiger partial charge in [0.2, 0.25) is 5.91 Å². The molecule has 0 aromatic heterocycles. The van der Waals surface area contributed by atoms with E-state index in [4.69, 9.17) is 5.73 Å². The highest BCUT2D eigenvalue weighted by Crippen LogP contribution is 2.17. The maximum atomic E-state index is 12.0. The third-order valence-electron chi connectivity index (χ3n) is 3.49. The zero-order chi connectivity index (χ0) is 12.4. The van der Waals surface area contributed by atoms with Gasteiger partial charge < -0.3 is 10.6 Å². The third kappa shape index (κ3) is 2.67. The van der Waals surface area contributed by atoms with Crippen molar-refractivity contribution >= 4 is 5.91 Å². The second-order valence-electron chi connectivity index (χ2n) is 5.01. The second-order valence-corrected chi connectivity index (χ2v) is 5.01. The molecular formula is C14H20N2O. The molecule has 0 radical (unpaired) electrons. The van der Waals surface area contributed by atoms with Crippen molar-refractivity contribution in [3.63, 3.8) is 0 Å². The first kappa shape index (κ1) is 12.1. The van der Waals surface area contributed by atoms with Gasteiger partial charge in [0.05, 0.1) is 6.42 Å². The van der Waals surface area contributed by atoms with Crippen molar-refractivity contribution in [2.24, 2.45) is 11.7 Å². The average Bonchev–Trinajstić information content (AvgIpc) is 2.22. The second kappa shape index (κ2) is 4.88. The largest absolute Gasteiger partial charge is 0.342 e. The van der Waals surface area contributed by atoms with Crippen LogP contribution in [0.4, 0.5) is 0 Å². The maximum Gasteiger partial charge on any atom is 0.227 e. The SMILES string of the molecule is Cc1ccc(C)c(CC(=O)N2CC(CN)C2)c1. The molecule has 2 N–H and O–H groups in total. The van der Waals surface area contributed by atoms with E-state index in [1.165, 1.54) is 11.1 Å². The van der Waals surface area contributed by atoms with Crippen LogP contribution in [0.25, 0.3) is 0 Å². The van der Waals surface area contributed by atoms with Crippen LogP contribution in [-0.4, -0.2) is 30.4 Å². The van der Waals surface area contributed by atoms with Crippen LogP contribution in [-0.2, 0) is 11.2 Å². The number of carbonyl (C=O) groups is 1. The molecule has 0 aliphatic carbocycles. The lowest BCUT2D eigenvalue weighted by molar-refractivity contribution is -0.136. The van der Waals surface area contributed by atoms with Crippen molar-refractivity contribution in [2.75, 3.05) is 19.6 Å². The molecule has 17 heavy (non-hydrogen) atoms. The molecule has 3 nitrogen and oxygen atoms in total. The summed E-state index contributed by atoms with van der Waals surface area (Å²) in [5, 5.41) is 0. The molecule has 1 aliphatic rings. The van der Waals surface area contributed by atoms with Crippen LogP contribution in [0.2, 0.25) is 0 Å². The number of amides is 1. The molecule has 0 bridgehead atoms. The van der Waals surface area contributed by atoms with Crippen LogP contribution >= 0.6 is 0 Å². The standard InChI is InChI=1S/C14H20N2O/c1-10-3-4-11(2)13(5-10)6-14(17)16-8-12(7-15)9-16/h3-5,12H,6-9,15H2,1-2H3. The van der Waals surface area contributed by atoms with Crippen molar-refractivity contribution in [1.82, 2.24) is 4.90 Å². The van der Waals surface area contributed by atoms with Gasteiger partial charge in [-0.2, -0.15) is 0 Å². The van der Waals surface area contributed by atoms with Crippen molar-refractivity contribution in [3.8, 4) is 0 Å². The molecule has 1 aromatic carbocycles. The van der Waals surface area contributed by atoms with E-state index < -0.39 is 0 Å². The van der Waals surface area contributed by atoms with Crippen LogP contribution in [0.3, 0.4) is 0 Å². The summed E-state index contributed by atoms with van der Waals surface area (Å²) in [6.45, 7) is 6.47. The number of aryl methyl sites for hydroxylation is 2. The highest BCUT2D eigenvalue weighted by molar-refractivity contribution is 5.80. The molecule has 1 saturated heterocycles. The normalized spacial score (nSPS) is 15.8. The lowest BCUT2D eigenvalue weighted by atomic mass is 9.97. The minimum absolute atomic E-state index is 0.225. The Morgan fingerprint density at radius 1 is 1.41 bits per heavy atom. The minimum atomic E-state index is 0.225. The molecular weight excluding hydrogens is 212 g/mol. The molecule has 1 aliphatic heterocycles. The Morgan fingerprint density at radius 3 is 2.76 bits per heavy atom. The van der Waals surface area contributed by atoms with Gasteiger partial charge in [0, 0.05) is 19.0 Å². The van der Waals surface area contributed by atoms with Gasteiger partial charge in [-0.05, 0) is 31.5 Å². The van der Waals surface area contributed by atoms with Gasteiger partial charge in [-0.15, -0.1) is 0 Å². The molecule has 0 unspecified atom stereocenters. The molecule has 0 saturated carbocycles. The van der Waals surface area contributed by atoms with E-state index in [1.54, 1.807) is 0 Å². The quantitative estimate of drug-likeness (QED) is 0.853. The summed E-state index contributed by atoms with van der Waals surface area (Å²) in [5.74, 6) is 0.737. The molecule has 0 atom stereocenters. The summed E-state index contributed by atoms with van der Waals surface area (Å²) in [5.41, 5.74) is 9.10. The summed E-state index contributed by atoms with van der Waals surface area (Å²) in [6.07, 6.45) is 0.519. The molecule has 1 fully saturated rings. The number of benzene rings is 1. The number of hydrogen-bond donors (Lipinski definition) is 1. The highest BCUT2D eigenvalue weighted by Gasteiger charge is 2.29. The fourth-order valence-electron chi connectivity index (χ4n) is 2.19. The Hall–Kier alpha value is -1.35. The number of likely N-dealkylation sites (tertiary alicyclic amines) is 1. The lowest BCUT2D eigenvalue weighted by Crippen LogP contribution is -2.53. The maximum absolute atomic E-state index is 12.0. The van der Waals surface area contributed by atoms with E-state index in [1.807, 2.05) is 4.90 Å². The van der Waals surface area contributed by atoms with Gasteiger partial charge in [0.1, 0.15) is 0 Å². The minimum Gasteiger partial charge on any atom is -0.342 e. The number of hydrogen-bond acceptors (Lipinski definition) is 2. The van der Waals surface area contributed by atoms with E-state index in [2.05, 4.69) is 32.0 Å². The van der Waals surface area contributed by atoms with Gasteiger partial charge >= 0.3 is 0 Å². The lowest BCUT2D eigenvalue weighted by Gasteiger charge is -2.38. The van der Waals surface area contributed by atoms with E-state index >= 15 is 0 Å². The van der Waals surface area contributed by atoms with Crippen LogP contribution < -0.4 is 5.73 Å². The summed E-state index contributed by atoms with van der Waals surface area (Å²) in [6, 6.07) is 6.27. The molecule has 1 amide bonds. The van der Waals surface area contributed by atoms with Gasteiger partial charge in [-0.3, -0.25) is 4.79 Å². The van der Waals surface area contributed by atoms with Crippen LogP contribution in [0.1, 0.15) is 16.7 Å². The smallest absolute Gasteiger partial charge is 0.227 e. The Kier molecular flexibility index (Phi) is 3.48. The van der Waals surface area contributed by atoms with E-state index in [0.29, 0.717) is 18.9 Å². The number of nitrogens with two attached hydrogens (primary N) is 1. The van der Waals surface area contributed by atoms with Crippen LogP contribution in [0.5, 0.6) is 0 Å². The summed E-state index contributed by atoms with van der Waals surface area (Å²) >= 11 is 0. The summed E-state index contributed by atoms with van der Waals surface area (Å²) < 4.78 is 0. The zero-order valence-electron chi connectivity index (χ0n) is 10.6. The molecule has 3 heteroatoms. The van der Waals surface area contributed by atoms with E-state index in [9.17, 15) is 4.79 Å². The van der Waals surface area contributed by atoms with Crippen molar-refractivity contribution in [3.05, 3.63) is 34.9 Å². The number of carbonyl (C=O) groups excluding carboxylic acids is 1. The molecule has 92 valence electrons. The van der Waals surface area contributed by atoms with Crippen LogP contribution in [0.15, 0.2) is 18.2 Å².